The van der Waals surface area contributed by atoms with Gasteiger partial charge in [-0.25, -0.2) is 4.39 Å². The van der Waals surface area contributed by atoms with Crippen LogP contribution in [0.4, 0.5) is 23.2 Å². The number of anilines is 1. The van der Waals surface area contributed by atoms with Crippen LogP contribution >= 0.6 is 0 Å². The van der Waals surface area contributed by atoms with Crippen LogP contribution in [-0.4, -0.2) is 23.3 Å². The van der Waals surface area contributed by atoms with Gasteiger partial charge in [0.15, 0.2) is 0 Å². The number of halogens is 4. The smallest absolute Gasteiger partial charge is 0.349 e. The number of alkyl halides is 3. The molecular weight excluding hydrogens is 316 g/mol. The van der Waals surface area contributed by atoms with Crippen molar-refractivity contribution in [3.05, 3.63) is 29.1 Å². The molecule has 4 nitrogen and oxygen atoms in total. The fraction of sp³-hybridized carbons (Fsp3) is 0.533. The summed E-state index contributed by atoms with van der Waals surface area (Å²) < 4.78 is 51.7. The Balaban J connectivity index is 2.01. The van der Waals surface area contributed by atoms with Crippen LogP contribution < -0.4 is 10.8 Å². The van der Waals surface area contributed by atoms with Crippen molar-refractivity contribution in [1.29, 1.82) is 0 Å². The molecule has 128 valence electrons. The third-order valence-electron chi connectivity index (χ3n) is 4.20. The quantitative estimate of drug-likeness (QED) is 0.582. The first-order valence-corrected chi connectivity index (χ1v) is 7.30. The molecule has 0 spiro atoms. The maximum absolute atomic E-state index is 13.9. The number of amides is 1. The van der Waals surface area contributed by atoms with E-state index in [-0.39, 0.29) is 36.9 Å². The minimum Gasteiger partial charge on any atom is -0.349 e. The van der Waals surface area contributed by atoms with Gasteiger partial charge in [-0.2, -0.15) is 13.2 Å². The van der Waals surface area contributed by atoms with E-state index in [2.05, 4.69) is 5.32 Å². The highest BCUT2D eigenvalue weighted by Crippen LogP contribution is 2.37. The molecule has 1 saturated carbocycles. The summed E-state index contributed by atoms with van der Waals surface area (Å²) in [5, 5.41) is 11.5. The van der Waals surface area contributed by atoms with E-state index in [1.807, 2.05) is 5.48 Å². The standard InChI is InChI=1S/C15H18F4N2O2/c1-8-6-12(16)11(7-13(8)21-23)14(22)20-10-4-2-9(3-5-10)15(17,18)19/h6-7,9-10,21,23H,2-5H2,1H3,(H,20,22)/t9-,10-. The van der Waals surface area contributed by atoms with Crippen LogP contribution in [0.3, 0.4) is 0 Å². The molecule has 0 bridgehead atoms. The number of nitrogens with one attached hydrogen (secondary N) is 2. The molecule has 0 radical (unpaired) electrons. The Labute approximate surface area is 130 Å². The Morgan fingerprint density at radius 3 is 2.35 bits per heavy atom. The molecule has 1 aliphatic rings. The van der Waals surface area contributed by atoms with Crippen LogP contribution in [0.15, 0.2) is 12.1 Å². The molecule has 0 atom stereocenters. The zero-order valence-electron chi connectivity index (χ0n) is 12.5. The number of benzene rings is 1. The SMILES string of the molecule is Cc1cc(F)c(C(=O)N[C@H]2CC[C@H](C(F)(F)F)CC2)cc1NO. The van der Waals surface area contributed by atoms with Gasteiger partial charge < -0.3 is 5.32 Å². The Bertz CT molecular complexity index is 582. The van der Waals surface area contributed by atoms with Crippen LogP contribution in [0, 0.1) is 18.7 Å². The van der Waals surface area contributed by atoms with E-state index in [1.54, 1.807) is 6.92 Å². The van der Waals surface area contributed by atoms with Gasteiger partial charge in [0.2, 0.25) is 0 Å². The van der Waals surface area contributed by atoms with Gasteiger partial charge in [-0.05, 0) is 50.3 Å². The summed E-state index contributed by atoms with van der Waals surface area (Å²) in [6, 6.07) is 1.86. The number of hydrogen-bond donors (Lipinski definition) is 3. The Kier molecular flexibility index (Phi) is 5.13. The highest BCUT2D eigenvalue weighted by Gasteiger charge is 2.41. The largest absolute Gasteiger partial charge is 0.391 e. The summed E-state index contributed by atoms with van der Waals surface area (Å²) in [4.78, 5) is 12.1. The number of carbonyl (C=O) groups is 1. The molecular formula is C15H18F4N2O2. The van der Waals surface area contributed by atoms with Crippen LogP contribution in [-0.2, 0) is 0 Å². The van der Waals surface area contributed by atoms with Crippen molar-refractivity contribution < 1.29 is 27.6 Å². The monoisotopic (exact) mass is 334 g/mol. The molecule has 0 saturated heterocycles. The Morgan fingerprint density at radius 2 is 1.83 bits per heavy atom. The number of carbonyl (C=O) groups excluding carboxylic acids is 1. The summed E-state index contributed by atoms with van der Waals surface area (Å²) in [5.41, 5.74) is 2.23. The second-order valence-electron chi connectivity index (χ2n) is 5.82. The summed E-state index contributed by atoms with van der Waals surface area (Å²) in [6.07, 6.45) is -3.90. The van der Waals surface area contributed by atoms with Crippen molar-refractivity contribution in [2.24, 2.45) is 5.92 Å². The van der Waals surface area contributed by atoms with E-state index >= 15 is 0 Å². The topological polar surface area (TPSA) is 61.4 Å². The molecule has 0 heterocycles. The predicted molar refractivity (Wildman–Crippen MR) is 75.8 cm³/mol. The highest BCUT2D eigenvalue weighted by atomic mass is 19.4. The zero-order chi connectivity index (χ0) is 17.2. The lowest BCUT2D eigenvalue weighted by Crippen LogP contribution is -2.40. The molecule has 0 unspecified atom stereocenters. The fourth-order valence-corrected chi connectivity index (χ4v) is 2.80. The molecule has 3 N–H and O–H groups in total. The van der Waals surface area contributed by atoms with Gasteiger partial charge in [0.1, 0.15) is 5.82 Å². The minimum absolute atomic E-state index is 0.0473. The number of hydrogen-bond acceptors (Lipinski definition) is 3. The van der Waals surface area contributed by atoms with Gasteiger partial charge >= 0.3 is 6.18 Å². The fourth-order valence-electron chi connectivity index (χ4n) is 2.80. The van der Waals surface area contributed by atoms with Crippen LogP contribution in [0.5, 0.6) is 0 Å². The second kappa shape index (κ2) is 6.74. The first kappa shape index (κ1) is 17.5. The first-order valence-electron chi connectivity index (χ1n) is 7.30. The third-order valence-corrected chi connectivity index (χ3v) is 4.20. The molecule has 0 aliphatic heterocycles. The third kappa shape index (κ3) is 4.13. The molecule has 8 heteroatoms. The van der Waals surface area contributed by atoms with Crippen LogP contribution in [0.2, 0.25) is 0 Å². The summed E-state index contributed by atoms with van der Waals surface area (Å²) in [7, 11) is 0. The van der Waals surface area contributed by atoms with E-state index in [1.165, 1.54) is 6.07 Å². The molecule has 1 aromatic rings. The van der Waals surface area contributed by atoms with Gasteiger partial charge in [0.05, 0.1) is 17.2 Å². The van der Waals surface area contributed by atoms with Crippen LogP contribution in [0.25, 0.3) is 0 Å². The van der Waals surface area contributed by atoms with Gasteiger partial charge in [-0.15, -0.1) is 0 Å². The van der Waals surface area contributed by atoms with Crippen LogP contribution in [0.1, 0.15) is 41.6 Å². The summed E-state index contributed by atoms with van der Waals surface area (Å²) >= 11 is 0. The number of rotatable bonds is 3. The molecule has 2 rings (SSSR count). The average Bonchev–Trinajstić information content (AvgIpc) is 2.47. The summed E-state index contributed by atoms with van der Waals surface area (Å²) in [5.74, 6) is -2.78. The minimum atomic E-state index is -4.21. The van der Waals surface area contributed by atoms with Gasteiger partial charge in [-0.1, -0.05) is 0 Å². The lowest BCUT2D eigenvalue weighted by molar-refractivity contribution is -0.182. The van der Waals surface area contributed by atoms with E-state index in [9.17, 15) is 22.4 Å². The van der Waals surface area contributed by atoms with Crippen molar-refractivity contribution in [1.82, 2.24) is 5.32 Å². The first-order chi connectivity index (χ1) is 10.7. The average molecular weight is 334 g/mol. The lowest BCUT2D eigenvalue weighted by Gasteiger charge is -2.30. The molecule has 1 aliphatic carbocycles. The van der Waals surface area contributed by atoms with Crippen molar-refractivity contribution >= 4 is 11.6 Å². The van der Waals surface area contributed by atoms with Crippen molar-refractivity contribution in [3.63, 3.8) is 0 Å². The van der Waals surface area contributed by atoms with E-state index in [0.29, 0.717) is 5.56 Å². The predicted octanol–water partition coefficient (Wildman–Crippen LogP) is 3.79. The Hall–Kier alpha value is -1.83. The maximum atomic E-state index is 13.9. The van der Waals surface area contributed by atoms with E-state index in [4.69, 9.17) is 5.21 Å². The molecule has 23 heavy (non-hydrogen) atoms. The zero-order valence-corrected chi connectivity index (χ0v) is 12.5. The van der Waals surface area contributed by atoms with Crippen molar-refractivity contribution in [2.75, 3.05) is 5.48 Å². The van der Waals surface area contributed by atoms with Crippen molar-refractivity contribution in [2.45, 2.75) is 44.8 Å². The maximum Gasteiger partial charge on any atom is 0.391 e. The van der Waals surface area contributed by atoms with Gasteiger partial charge in [0, 0.05) is 6.04 Å². The van der Waals surface area contributed by atoms with E-state index < -0.39 is 29.9 Å². The van der Waals surface area contributed by atoms with Gasteiger partial charge in [-0.3, -0.25) is 15.5 Å². The molecule has 1 amide bonds. The van der Waals surface area contributed by atoms with Crippen molar-refractivity contribution in [3.8, 4) is 0 Å². The molecule has 1 aromatic carbocycles. The summed E-state index contributed by atoms with van der Waals surface area (Å²) in [6.45, 7) is 1.56. The molecule has 1 fully saturated rings. The normalized spacial score (nSPS) is 21.8. The second-order valence-corrected chi connectivity index (χ2v) is 5.82. The highest BCUT2D eigenvalue weighted by molar-refractivity contribution is 5.95. The number of aryl methyl sites for hydroxylation is 1. The lowest BCUT2D eigenvalue weighted by atomic mass is 9.85. The van der Waals surface area contributed by atoms with E-state index in [0.717, 1.165) is 6.07 Å². The molecule has 0 aromatic heterocycles. The Morgan fingerprint density at radius 1 is 1.22 bits per heavy atom. The van der Waals surface area contributed by atoms with Gasteiger partial charge in [0.25, 0.3) is 5.91 Å².